The zero-order valence-electron chi connectivity index (χ0n) is 15.5. The number of hydrogen-bond acceptors (Lipinski definition) is 7. The number of hydrogen-bond donors (Lipinski definition) is 0. The van der Waals surface area contributed by atoms with Crippen LogP contribution < -0.4 is 9.47 Å². The van der Waals surface area contributed by atoms with Crippen LogP contribution in [0, 0.1) is 0 Å². The summed E-state index contributed by atoms with van der Waals surface area (Å²) in [4.78, 5) is 16.5. The van der Waals surface area contributed by atoms with Gasteiger partial charge in [0.2, 0.25) is 0 Å². The predicted octanol–water partition coefficient (Wildman–Crippen LogP) is 3.23. The number of carbonyl (C=O) groups excluding carboxylic acids is 1. The lowest BCUT2D eigenvalue weighted by atomic mass is 9.96. The maximum absolute atomic E-state index is 12.2. The van der Waals surface area contributed by atoms with Crippen molar-refractivity contribution in [3.8, 4) is 11.5 Å². The van der Waals surface area contributed by atoms with Crippen molar-refractivity contribution in [2.75, 3.05) is 14.2 Å². The van der Waals surface area contributed by atoms with E-state index in [9.17, 15) is 4.79 Å². The molecule has 1 unspecified atom stereocenters. The number of aromatic nitrogens is 2. The molecule has 1 aromatic carbocycles. The molecule has 0 saturated carbocycles. The fourth-order valence-corrected chi connectivity index (χ4v) is 2.15. The highest BCUT2D eigenvalue weighted by Gasteiger charge is 2.24. The fourth-order valence-electron chi connectivity index (χ4n) is 2.15. The summed E-state index contributed by atoms with van der Waals surface area (Å²) in [5, 5.41) is 3.93. The minimum absolute atomic E-state index is 0.102. The van der Waals surface area contributed by atoms with Crippen LogP contribution in [0.25, 0.3) is 0 Å². The van der Waals surface area contributed by atoms with E-state index in [1.165, 1.54) is 0 Å². The van der Waals surface area contributed by atoms with E-state index in [-0.39, 0.29) is 17.7 Å². The van der Waals surface area contributed by atoms with Gasteiger partial charge in [0, 0.05) is 5.41 Å². The lowest BCUT2D eigenvalue weighted by molar-refractivity contribution is -0.148. The molecule has 7 nitrogen and oxygen atoms in total. The Morgan fingerprint density at radius 3 is 2.44 bits per heavy atom. The van der Waals surface area contributed by atoms with Crippen LogP contribution in [0.3, 0.4) is 0 Å². The number of methoxy groups -OCH3 is 2. The molecule has 0 aliphatic rings. The number of esters is 1. The quantitative estimate of drug-likeness (QED) is 0.741. The first-order valence-corrected chi connectivity index (χ1v) is 7.99. The van der Waals surface area contributed by atoms with Gasteiger partial charge in [-0.15, -0.1) is 0 Å². The fraction of sp³-hybridized carbons (Fsp3) is 0.500. The van der Waals surface area contributed by atoms with Gasteiger partial charge in [-0.2, -0.15) is 4.98 Å². The first-order valence-electron chi connectivity index (χ1n) is 7.99. The van der Waals surface area contributed by atoms with E-state index in [0.717, 1.165) is 5.56 Å². The molecule has 0 aliphatic heterocycles. The maximum Gasteiger partial charge on any atom is 0.311 e. The van der Waals surface area contributed by atoms with Crippen molar-refractivity contribution in [2.45, 2.75) is 45.6 Å². The maximum atomic E-state index is 12.2. The van der Waals surface area contributed by atoms with Crippen molar-refractivity contribution in [3.05, 3.63) is 35.5 Å². The molecule has 2 aromatic rings. The summed E-state index contributed by atoms with van der Waals surface area (Å²) in [6, 6.07) is 5.28. The average molecular weight is 348 g/mol. The molecule has 2 rings (SSSR count). The molecular weight excluding hydrogens is 324 g/mol. The molecule has 1 aromatic heterocycles. The molecule has 136 valence electrons. The molecule has 0 fully saturated rings. The summed E-state index contributed by atoms with van der Waals surface area (Å²) in [7, 11) is 3.11. The molecule has 1 heterocycles. The molecule has 0 radical (unpaired) electrons. The van der Waals surface area contributed by atoms with Crippen molar-refractivity contribution in [1.29, 1.82) is 0 Å². The van der Waals surface area contributed by atoms with E-state index in [0.29, 0.717) is 17.3 Å². The van der Waals surface area contributed by atoms with Gasteiger partial charge < -0.3 is 18.7 Å². The summed E-state index contributed by atoms with van der Waals surface area (Å²) in [6.07, 6.45) is -0.512. The number of rotatable bonds is 6. The third kappa shape index (κ3) is 4.71. The molecular formula is C18H24N2O5. The van der Waals surface area contributed by atoms with Gasteiger partial charge in [-0.1, -0.05) is 32.0 Å². The van der Waals surface area contributed by atoms with Gasteiger partial charge in [0.25, 0.3) is 5.89 Å². The van der Waals surface area contributed by atoms with Gasteiger partial charge in [-0.25, -0.2) is 0 Å². The van der Waals surface area contributed by atoms with Crippen LogP contribution in [-0.4, -0.2) is 30.3 Å². The molecule has 0 amide bonds. The lowest BCUT2D eigenvalue weighted by Gasteiger charge is -2.12. The van der Waals surface area contributed by atoms with Crippen LogP contribution in [-0.2, 0) is 21.4 Å². The zero-order valence-corrected chi connectivity index (χ0v) is 15.5. The molecule has 0 N–H and O–H groups in total. The van der Waals surface area contributed by atoms with Gasteiger partial charge in [0.15, 0.2) is 23.4 Å². The van der Waals surface area contributed by atoms with Gasteiger partial charge in [0.05, 0.1) is 20.6 Å². The second-order valence-electron chi connectivity index (χ2n) is 6.70. The minimum Gasteiger partial charge on any atom is -0.493 e. The van der Waals surface area contributed by atoms with E-state index >= 15 is 0 Å². The molecule has 25 heavy (non-hydrogen) atoms. The Bertz CT molecular complexity index is 733. The first-order chi connectivity index (χ1) is 11.7. The number of benzene rings is 1. The Morgan fingerprint density at radius 2 is 1.88 bits per heavy atom. The van der Waals surface area contributed by atoms with E-state index in [4.69, 9.17) is 18.7 Å². The summed E-state index contributed by atoms with van der Waals surface area (Å²) < 4.78 is 21.0. The minimum atomic E-state index is -0.615. The lowest BCUT2D eigenvalue weighted by Crippen LogP contribution is -2.14. The first kappa shape index (κ1) is 18.8. The van der Waals surface area contributed by atoms with Crippen LogP contribution in [0.15, 0.2) is 22.7 Å². The van der Waals surface area contributed by atoms with Crippen molar-refractivity contribution in [3.63, 3.8) is 0 Å². The van der Waals surface area contributed by atoms with Crippen LogP contribution in [0.5, 0.6) is 11.5 Å². The van der Waals surface area contributed by atoms with Gasteiger partial charge in [-0.3, -0.25) is 4.79 Å². The summed E-state index contributed by atoms with van der Waals surface area (Å²) in [5.74, 6) is 1.63. The molecule has 7 heteroatoms. The Hall–Kier alpha value is -2.57. The Morgan fingerprint density at radius 1 is 1.20 bits per heavy atom. The number of nitrogens with zero attached hydrogens (tertiary/aromatic N) is 2. The monoisotopic (exact) mass is 348 g/mol. The normalized spacial score (nSPS) is 12.6. The third-order valence-electron chi connectivity index (χ3n) is 3.56. The van der Waals surface area contributed by atoms with Crippen molar-refractivity contribution < 1.29 is 23.5 Å². The van der Waals surface area contributed by atoms with E-state index in [1.807, 2.05) is 20.8 Å². The third-order valence-corrected chi connectivity index (χ3v) is 3.56. The summed E-state index contributed by atoms with van der Waals surface area (Å²) >= 11 is 0. The van der Waals surface area contributed by atoms with Gasteiger partial charge >= 0.3 is 5.97 Å². The van der Waals surface area contributed by atoms with E-state index in [2.05, 4.69) is 10.1 Å². The van der Waals surface area contributed by atoms with Crippen LogP contribution in [0.2, 0.25) is 0 Å². The Labute approximate surface area is 147 Å². The average Bonchev–Trinajstić information content (AvgIpc) is 3.05. The zero-order chi connectivity index (χ0) is 18.6. The molecule has 0 bridgehead atoms. The highest BCUT2D eigenvalue weighted by atomic mass is 16.6. The highest BCUT2D eigenvalue weighted by molar-refractivity contribution is 5.73. The molecule has 0 aliphatic carbocycles. The standard InChI is InChI=1S/C18H24N2O5/c1-11(16-19-17(20-25-16)18(2,3)4)24-15(21)10-12-7-8-13(22-5)14(9-12)23-6/h7-9,11H,10H2,1-6H3. The smallest absolute Gasteiger partial charge is 0.311 e. The Balaban J connectivity index is 2.01. The van der Waals surface area contributed by atoms with Crippen molar-refractivity contribution in [2.24, 2.45) is 0 Å². The van der Waals surface area contributed by atoms with E-state index in [1.54, 1.807) is 39.3 Å². The second-order valence-corrected chi connectivity index (χ2v) is 6.70. The SMILES string of the molecule is COc1ccc(CC(=O)OC(C)c2nc(C(C)(C)C)no2)cc1OC. The summed E-state index contributed by atoms with van der Waals surface area (Å²) in [6.45, 7) is 7.65. The topological polar surface area (TPSA) is 83.7 Å². The molecule has 1 atom stereocenters. The molecule has 0 spiro atoms. The van der Waals surface area contributed by atoms with Crippen LogP contribution in [0.1, 0.15) is 51.1 Å². The van der Waals surface area contributed by atoms with Crippen LogP contribution in [0.4, 0.5) is 0 Å². The van der Waals surface area contributed by atoms with Crippen molar-refractivity contribution >= 4 is 5.97 Å². The summed E-state index contributed by atoms with van der Waals surface area (Å²) in [5.41, 5.74) is 0.529. The van der Waals surface area contributed by atoms with Gasteiger partial charge in [0.1, 0.15) is 0 Å². The van der Waals surface area contributed by atoms with E-state index < -0.39 is 12.1 Å². The highest BCUT2D eigenvalue weighted by Crippen LogP contribution is 2.28. The second kappa shape index (κ2) is 7.55. The predicted molar refractivity (Wildman–Crippen MR) is 90.8 cm³/mol. The Kier molecular flexibility index (Phi) is 5.66. The van der Waals surface area contributed by atoms with Gasteiger partial charge in [-0.05, 0) is 24.6 Å². The molecule has 0 saturated heterocycles. The van der Waals surface area contributed by atoms with Crippen LogP contribution >= 0.6 is 0 Å². The number of ether oxygens (including phenoxy) is 3. The largest absolute Gasteiger partial charge is 0.493 e. The number of carbonyl (C=O) groups is 1. The van der Waals surface area contributed by atoms with Crippen molar-refractivity contribution in [1.82, 2.24) is 10.1 Å².